The average Bonchev–Trinajstić information content (AvgIpc) is 3.28. The number of benzene rings is 1. The van der Waals surface area contributed by atoms with Crippen molar-refractivity contribution in [2.75, 3.05) is 13.7 Å². The number of esters is 1. The van der Waals surface area contributed by atoms with Crippen molar-refractivity contribution >= 4 is 30.5 Å². The molecule has 0 unspecified atom stereocenters. The molecular weight excluding hydrogens is 495 g/mol. The van der Waals surface area contributed by atoms with Crippen molar-refractivity contribution in [1.82, 2.24) is 4.92 Å². The van der Waals surface area contributed by atoms with Gasteiger partial charge in [0, 0.05) is 30.2 Å². The Hall–Kier alpha value is -2.65. The lowest BCUT2D eigenvalue weighted by atomic mass is 9.44. The molecule has 8 nitrogen and oxygen atoms in total. The lowest BCUT2D eigenvalue weighted by Gasteiger charge is -2.61. The van der Waals surface area contributed by atoms with Gasteiger partial charge in [0.25, 0.3) is 0 Å². The van der Waals surface area contributed by atoms with Crippen molar-refractivity contribution in [3.05, 3.63) is 36.4 Å². The molecule has 5 rings (SSSR count). The van der Waals surface area contributed by atoms with Gasteiger partial charge < -0.3 is 24.5 Å². The Bertz CT molecular complexity index is 1210. The third-order valence-corrected chi connectivity index (χ3v) is 11.0. The highest BCUT2D eigenvalue weighted by atomic mass is 16.6. The van der Waals surface area contributed by atoms with Crippen molar-refractivity contribution < 1.29 is 29.2 Å². The van der Waals surface area contributed by atoms with Crippen LogP contribution in [0.3, 0.4) is 0 Å². The van der Waals surface area contributed by atoms with E-state index in [-0.39, 0.29) is 35.6 Å². The molecule has 0 radical (unpaired) electrons. The van der Waals surface area contributed by atoms with Crippen LogP contribution in [0.2, 0.25) is 0 Å². The molecule has 0 spiro atoms. The molecule has 3 aliphatic carbocycles. The average molecular weight is 536 g/mol. The molecular formula is C30H41BN2O6. The highest BCUT2D eigenvalue weighted by molar-refractivity contribution is 6.65. The zero-order valence-corrected chi connectivity index (χ0v) is 23.7. The van der Waals surface area contributed by atoms with E-state index in [2.05, 4.69) is 32.5 Å². The van der Waals surface area contributed by atoms with E-state index in [9.17, 15) is 19.7 Å². The summed E-state index contributed by atoms with van der Waals surface area (Å²) in [6, 6.07) is 5.22. The van der Waals surface area contributed by atoms with E-state index >= 15 is 0 Å². The zero-order valence-electron chi connectivity index (χ0n) is 23.7. The highest BCUT2D eigenvalue weighted by Gasteiger charge is 2.68. The Morgan fingerprint density at radius 2 is 2.05 bits per heavy atom. The van der Waals surface area contributed by atoms with Crippen LogP contribution in [-0.2, 0) is 14.3 Å². The fraction of sp³-hybridized carbons (Fsp3) is 0.633. The second-order valence-electron chi connectivity index (χ2n) is 12.8. The number of ether oxygens (including phenoxy) is 2. The molecule has 1 aromatic rings. The van der Waals surface area contributed by atoms with Crippen LogP contribution < -0.4 is 10.2 Å². The fourth-order valence-electron chi connectivity index (χ4n) is 8.24. The SMILES string of the molecule is C=C[C@]1(C)C[C@@H](OC(=O)COc2ccc3c(c2)B(O)N(C)N=C3)[C@]2(C)[C@H](C)CC[C@]3(CCC(=O)[C@H]32)[C@@H](C)[C@@H]1O. The molecule has 0 aromatic heterocycles. The Morgan fingerprint density at radius 3 is 2.77 bits per heavy atom. The van der Waals surface area contributed by atoms with Gasteiger partial charge in [0.15, 0.2) is 6.61 Å². The molecule has 39 heavy (non-hydrogen) atoms. The van der Waals surface area contributed by atoms with Crippen LogP contribution in [0, 0.1) is 34.0 Å². The molecule has 1 heterocycles. The van der Waals surface area contributed by atoms with Gasteiger partial charge in [-0.3, -0.25) is 4.79 Å². The molecule has 3 fully saturated rings. The first-order valence-electron chi connectivity index (χ1n) is 14.1. The quantitative estimate of drug-likeness (QED) is 0.339. The Balaban J connectivity index is 1.42. The summed E-state index contributed by atoms with van der Waals surface area (Å²) in [6.07, 6.45) is 5.62. The van der Waals surface area contributed by atoms with Crippen LogP contribution in [0.5, 0.6) is 5.75 Å². The Morgan fingerprint density at radius 1 is 1.31 bits per heavy atom. The van der Waals surface area contributed by atoms with Crippen molar-refractivity contribution in [3.63, 3.8) is 0 Å². The van der Waals surface area contributed by atoms with Gasteiger partial charge in [-0.15, -0.1) is 6.58 Å². The summed E-state index contributed by atoms with van der Waals surface area (Å²) >= 11 is 0. The molecule has 2 N–H and O–H groups in total. The zero-order chi connectivity index (χ0) is 28.3. The topological polar surface area (TPSA) is 109 Å². The summed E-state index contributed by atoms with van der Waals surface area (Å²) in [5.74, 6) is -0.0491. The van der Waals surface area contributed by atoms with Crippen LogP contribution in [-0.4, -0.2) is 65.9 Å². The van der Waals surface area contributed by atoms with Crippen LogP contribution in [0.25, 0.3) is 0 Å². The van der Waals surface area contributed by atoms with Gasteiger partial charge in [0.2, 0.25) is 0 Å². The molecule has 2 bridgehead atoms. The van der Waals surface area contributed by atoms with E-state index in [1.807, 2.05) is 6.92 Å². The summed E-state index contributed by atoms with van der Waals surface area (Å²) in [5, 5.41) is 26.2. The number of fused-ring (bicyclic) bond motifs is 1. The molecule has 210 valence electrons. The van der Waals surface area contributed by atoms with E-state index in [1.165, 1.54) is 4.92 Å². The normalized spacial score (nSPS) is 39.4. The summed E-state index contributed by atoms with van der Waals surface area (Å²) in [6.45, 7) is 12.1. The number of ketones is 1. The summed E-state index contributed by atoms with van der Waals surface area (Å²) in [5.41, 5.74) is -0.146. The second kappa shape index (κ2) is 9.77. The maximum absolute atomic E-state index is 13.5. The second-order valence-corrected chi connectivity index (χ2v) is 12.8. The number of hydrogen-bond acceptors (Lipinski definition) is 8. The van der Waals surface area contributed by atoms with E-state index in [0.29, 0.717) is 24.1 Å². The van der Waals surface area contributed by atoms with Crippen LogP contribution >= 0.6 is 0 Å². The predicted octanol–water partition coefficient (Wildman–Crippen LogP) is 2.94. The molecule has 3 saturated carbocycles. The van der Waals surface area contributed by atoms with Crippen molar-refractivity contribution in [1.29, 1.82) is 0 Å². The van der Waals surface area contributed by atoms with Gasteiger partial charge in [-0.05, 0) is 66.1 Å². The fourth-order valence-corrected chi connectivity index (χ4v) is 8.24. The molecule has 8 atom stereocenters. The highest BCUT2D eigenvalue weighted by Crippen LogP contribution is 2.68. The number of Topliss-reactive ketones (excluding diaryl/α,β-unsaturated/α-hetero) is 1. The third-order valence-electron chi connectivity index (χ3n) is 11.0. The maximum atomic E-state index is 13.5. The van der Waals surface area contributed by atoms with Gasteiger partial charge in [-0.2, -0.15) is 5.10 Å². The number of carbonyl (C=O) groups excluding carboxylic acids is 2. The lowest BCUT2D eigenvalue weighted by Crippen LogP contribution is -2.63. The summed E-state index contributed by atoms with van der Waals surface area (Å²) in [4.78, 5) is 28.3. The first-order chi connectivity index (χ1) is 18.4. The van der Waals surface area contributed by atoms with Gasteiger partial charge in [0.1, 0.15) is 17.6 Å². The first kappa shape index (κ1) is 27.9. The molecule has 0 amide bonds. The van der Waals surface area contributed by atoms with Crippen LogP contribution in [0.15, 0.2) is 36.0 Å². The largest absolute Gasteiger partial charge is 0.482 e. The number of nitrogens with zero attached hydrogens (tertiary/aromatic N) is 2. The summed E-state index contributed by atoms with van der Waals surface area (Å²) < 4.78 is 12.1. The lowest BCUT2D eigenvalue weighted by molar-refractivity contribution is -0.207. The molecule has 1 aromatic carbocycles. The minimum atomic E-state index is -0.905. The maximum Gasteiger partial charge on any atom is 0.466 e. The van der Waals surface area contributed by atoms with Crippen molar-refractivity contribution in [3.8, 4) is 5.75 Å². The van der Waals surface area contributed by atoms with E-state index in [4.69, 9.17) is 9.47 Å². The van der Waals surface area contributed by atoms with Gasteiger partial charge >= 0.3 is 13.0 Å². The van der Waals surface area contributed by atoms with Crippen molar-refractivity contribution in [2.24, 2.45) is 39.1 Å². The Labute approximate surface area is 231 Å². The van der Waals surface area contributed by atoms with Gasteiger partial charge in [-0.25, -0.2) is 4.79 Å². The Kier molecular flexibility index (Phi) is 6.99. The predicted molar refractivity (Wildman–Crippen MR) is 150 cm³/mol. The molecule has 4 aliphatic rings. The smallest absolute Gasteiger partial charge is 0.466 e. The standard InChI is InChI=1S/C30H41BN2O6/c1-7-28(4)15-24(29(5)18(2)10-12-30(19(3)27(28)36)13-11-23(34)26(29)30)39-25(35)17-38-21-9-8-20-16-32-33(6)31(37)22(20)14-21/h7-9,14,16,18-19,24,26-27,36-37H,1,10-13,15,17H2,2-6H3/t18-,19+,24-,26+,27+,28-,29+,30+/m1/s1. The van der Waals surface area contributed by atoms with Crippen LogP contribution in [0.4, 0.5) is 0 Å². The number of aliphatic hydroxyl groups is 1. The number of rotatable bonds is 5. The van der Waals surface area contributed by atoms with E-state index in [1.54, 1.807) is 37.5 Å². The first-order valence-corrected chi connectivity index (χ1v) is 14.1. The van der Waals surface area contributed by atoms with Crippen LogP contribution in [0.1, 0.15) is 65.4 Å². The van der Waals surface area contributed by atoms with Crippen molar-refractivity contribution in [2.45, 2.75) is 72.0 Å². The number of aliphatic hydroxyl groups excluding tert-OH is 1. The number of carbonyl (C=O) groups is 2. The third kappa shape index (κ3) is 4.24. The number of hydrogen-bond donors (Lipinski definition) is 2. The minimum absolute atomic E-state index is 0.0767. The van der Waals surface area contributed by atoms with E-state index in [0.717, 1.165) is 24.8 Å². The monoisotopic (exact) mass is 536 g/mol. The van der Waals surface area contributed by atoms with Gasteiger partial charge in [0.05, 0.1) is 12.3 Å². The molecule has 0 saturated heterocycles. The molecule has 1 aliphatic heterocycles. The minimum Gasteiger partial charge on any atom is -0.482 e. The summed E-state index contributed by atoms with van der Waals surface area (Å²) in [7, 11) is 0.771. The number of hydrazone groups is 1. The van der Waals surface area contributed by atoms with Gasteiger partial charge in [-0.1, -0.05) is 39.8 Å². The molecule has 9 heteroatoms. The van der Waals surface area contributed by atoms with E-state index < -0.39 is 36.1 Å².